The number of amides is 1. The Morgan fingerprint density at radius 2 is 1.86 bits per heavy atom. The van der Waals surface area contributed by atoms with Gasteiger partial charge in [0.1, 0.15) is 5.15 Å². The van der Waals surface area contributed by atoms with Crippen molar-refractivity contribution in [2.45, 2.75) is 17.6 Å². The molecular weight excluding hydrogens is 312 g/mol. The molecule has 110 valence electrons. The van der Waals surface area contributed by atoms with Crippen LogP contribution in [0.4, 0.5) is 5.69 Å². The third-order valence-electron chi connectivity index (χ3n) is 2.64. The minimum absolute atomic E-state index is 0.165. The highest BCUT2D eigenvalue weighted by Crippen LogP contribution is 2.19. The summed E-state index contributed by atoms with van der Waals surface area (Å²) in [4.78, 5) is 15.1. The second-order valence-corrected chi connectivity index (χ2v) is 6.79. The topological polar surface area (TPSA) is 76.1 Å². The largest absolute Gasteiger partial charge is 0.326 e. The normalized spacial score (nSPS) is 11.1. The maximum atomic E-state index is 12.3. The number of hydrogen-bond donors (Lipinski definition) is 1. The van der Waals surface area contributed by atoms with Crippen LogP contribution >= 0.6 is 11.6 Å². The van der Waals surface area contributed by atoms with E-state index in [2.05, 4.69) is 10.3 Å². The number of benzene rings is 1. The molecule has 1 aromatic carbocycles. The Kier molecular flexibility index (Phi) is 4.59. The van der Waals surface area contributed by atoms with Gasteiger partial charge in [-0.15, -0.1) is 0 Å². The molecule has 0 saturated carbocycles. The van der Waals surface area contributed by atoms with Gasteiger partial charge < -0.3 is 5.32 Å². The maximum absolute atomic E-state index is 12.3. The van der Waals surface area contributed by atoms with Gasteiger partial charge in [0, 0.05) is 12.6 Å². The lowest BCUT2D eigenvalue weighted by Crippen LogP contribution is -2.08. The number of carbonyl (C=O) groups excluding carboxylic acids is 1. The molecule has 0 atom stereocenters. The molecule has 2 rings (SSSR count). The molecule has 0 aliphatic rings. The van der Waals surface area contributed by atoms with Gasteiger partial charge in [-0.2, -0.15) is 0 Å². The van der Waals surface area contributed by atoms with Gasteiger partial charge in [0.25, 0.3) is 0 Å². The van der Waals surface area contributed by atoms with Gasteiger partial charge in [-0.1, -0.05) is 17.7 Å². The summed E-state index contributed by atoms with van der Waals surface area (Å²) in [5, 5.41) is 2.83. The quantitative estimate of drug-likeness (QED) is 0.877. The van der Waals surface area contributed by atoms with E-state index in [-0.39, 0.29) is 21.7 Å². The van der Waals surface area contributed by atoms with Crippen LogP contribution in [0.3, 0.4) is 0 Å². The third-order valence-corrected chi connectivity index (χ3v) is 4.52. The van der Waals surface area contributed by atoms with Crippen molar-refractivity contribution >= 4 is 33.0 Å². The molecule has 1 amide bonds. The summed E-state index contributed by atoms with van der Waals surface area (Å²) in [5.74, 6) is -0.443. The smallest absolute Gasteiger partial charge is 0.221 e. The minimum Gasteiger partial charge on any atom is -0.326 e. The standard InChI is InChI=1S/C14H13ClN2O3S/c1-10(18)16-11-5-7-13(8-6-11)21(19,20)9-12-3-2-4-14(15)17-12/h2-8H,9H2,1H3,(H,16,18). The molecule has 2 aromatic rings. The van der Waals surface area contributed by atoms with E-state index in [1.807, 2.05) is 0 Å². The molecule has 0 aliphatic heterocycles. The van der Waals surface area contributed by atoms with Crippen molar-refractivity contribution in [3.63, 3.8) is 0 Å². The number of anilines is 1. The molecule has 7 heteroatoms. The highest BCUT2D eigenvalue weighted by molar-refractivity contribution is 7.90. The number of nitrogens with zero attached hydrogens (tertiary/aromatic N) is 1. The molecule has 5 nitrogen and oxygen atoms in total. The van der Waals surface area contributed by atoms with Crippen LogP contribution in [-0.2, 0) is 20.4 Å². The summed E-state index contributed by atoms with van der Waals surface area (Å²) < 4.78 is 24.6. The highest BCUT2D eigenvalue weighted by atomic mass is 35.5. The number of aromatic nitrogens is 1. The minimum atomic E-state index is -3.51. The fraction of sp³-hybridized carbons (Fsp3) is 0.143. The first-order chi connectivity index (χ1) is 9.87. The summed E-state index contributed by atoms with van der Waals surface area (Å²) >= 11 is 5.74. The van der Waals surface area contributed by atoms with Gasteiger partial charge >= 0.3 is 0 Å². The first kappa shape index (κ1) is 15.5. The van der Waals surface area contributed by atoms with Crippen LogP contribution in [0.15, 0.2) is 47.4 Å². The van der Waals surface area contributed by atoms with Crippen LogP contribution in [0.5, 0.6) is 0 Å². The number of nitrogens with one attached hydrogen (secondary N) is 1. The van der Waals surface area contributed by atoms with Gasteiger partial charge in [-0.25, -0.2) is 13.4 Å². The van der Waals surface area contributed by atoms with Crippen molar-refractivity contribution in [3.05, 3.63) is 53.3 Å². The highest BCUT2D eigenvalue weighted by Gasteiger charge is 2.16. The lowest BCUT2D eigenvalue weighted by molar-refractivity contribution is -0.114. The lowest BCUT2D eigenvalue weighted by Gasteiger charge is -2.06. The van der Waals surface area contributed by atoms with E-state index in [4.69, 9.17) is 11.6 Å². The van der Waals surface area contributed by atoms with Gasteiger partial charge in [-0.05, 0) is 36.4 Å². The van der Waals surface area contributed by atoms with Gasteiger partial charge in [0.2, 0.25) is 5.91 Å². The molecule has 1 aromatic heterocycles. The van der Waals surface area contributed by atoms with Crippen molar-refractivity contribution in [1.82, 2.24) is 4.98 Å². The fourth-order valence-corrected chi connectivity index (χ4v) is 3.21. The summed E-state index contributed by atoms with van der Waals surface area (Å²) in [6, 6.07) is 10.8. The summed E-state index contributed by atoms with van der Waals surface area (Å²) in [5.41, 5.74) is 0.927. The Morgan fingerprint density at radius 1 is 1.19 bits per heavy atom. The zero-order valence-corrected chi connectivity index (χ0v) is 12.8. The first-order valence-electron chi connectivity index (χ1n) is 6.09. The maximum Gasteiger partial charge on any atom is 0.221 e. The number of pyridine rings is 1. The van der Waals surface area contributed by atoms with Crippen LogP contribution in [0.1, 0.15) is 12.6 Å². The number of hydrogen-bond acceptors (Lipinski definition) is 4. The summed E-state index contributed by atoms with van der Waals surface area (Å²) in [6.07, 6.45) is 0. The van der Waals surface area contributed by atoms with Gasteiger partial charge in [0.15, 0.2) is 9.84 Å². The van der Waals surface area contributed by atoms with Crippen LogP contribution in [0.25, 0.3) is 0 Å². The molecule has 0 spiro atoms. The van der Waals surface area contributed by atoms with Crippen molar-refractivity contribution in [1.29, 1.82) is 0 Å². The Hall–Kier alpha value is -1.92. The number of sulfone groups is 1. The molecule has 1 N–H and O–H groups in total. The van der Waals surface area contributed by atoms with E-state index in [0.717, 1.165) is 0 Å². The molecule has 0 aliphatic carbocycles. The van der Waals surface area contributed by atoms with Crippen molar-refractivity contribution in [2.24, 2.45) is 0 Å². The third kappa shape index (κ3) is 4.27. The Balaban J connectivity index is 2.21. The molecular formula is C14H13ClN2O3S. The van der Waals surface area contributed by atoms with E-state index < -0.39 is 9.84 Å². The van der Waals surface area contributed by atoms with Crippen molar-refractivity contribution in [3.8, 4) is 0 Å². The molecule has 1 heterocycles. The van der Waals surface area contributed by atoms with Crippen LogP contribution in [0.2, 0.25) is 5.15 Å². The zero-order valence-electron chi connectivity index (χ0n) is 11.2. The monoisotopic (exact) mass is 324 g/mol. The molecule has 0 radical (unpaired) electrons. The van der Waals surface area contributed by atoms with Crippen molar-refractivity contribution in [2.75, 3.05) is 5.32 Å². The zero-order chi connectivity index (χ0) is 15.5. The predicted octanol–water partition coefficient (Wildman–Crippen LogP) is 2.67. The molecule has 21 heavy (non-hydrogen) atoms. The first-order valence-corrected chi connectivity index (χ1v) is 8.12. The van der Waals surface area contributed by atoms with Crippen LogP contribution < -0.4 is 5.32 Å². The Bertz CT molecular complexity index is 758. The predicted molar refractivity (Wildman–Crippen MR) is 80.9 cm³/mol. The average Bonchev–Trinajstić information content (AvgIpc) is 2.38. The summed E-state index contributed by atoms with van der Waals surface area (Å²) in [6.45, 7) is 1.38. The number of halogens is 1. The van der Waals surface area contributed by atoms with Gasteiger partial charge in [0.05, 0.1) is 16.3 Å². The Labute approximate surface area is 127 Å². The molecule has 0 saturated heterocycles. The summed E-state index contributed by atoms with van der Waals surface area (Å²) in [7, 11) is -3.51. The fourth-order valence-electron chi connectivity index (χ4n) is 1.76. The van der Waals surface area contributed by atoms with Crippen LogP contribution in [0, 0.1) is 0 Å². The molecule has 0 unspecified atom stereocenters. The lowest BCUT2D eigenvalue weighted by atomic mass is 10.3. The van der Waals surface area contributed by atoms with Crippen molar-refractivity contribution < 1.29 is 13.2 Å². The van der Waals surface area contributed by atoms with E-state index in [1.165, 1.54) is 19.1 Å². The number of carbonyl (C=O) groups is 1. The average molecular weight is 325 g/mol. The van der Waals surface area contributed by atoms with E-state index in [0.29, 0.717) is 11.4 Å². The molecule has 0 bridgehead atoms. The SMILES string of the molecule is CC(=O)Nc1ccc(S(=O)(=O)Cc2cccc(Cl)n2)cc1. The second-order valence-electron chi connectivity index (χ2n) is 4.42. The van der Waals surface area contributed by atoms with Gasteiger partial charge in [-0.3, -0.25) is 4.79 Å². The van der Waals surface area contributed by atoms with E-state index >= 15 is 0 Å². The molecule has 0 fully saturated rings. The second kappa shape index (κ2) is 6.24. The Morgan fingerprint density at radius 3 is 2.43 bits per heavy atom. The van der Waals surface area contributed by atoms with Crippen LogP contribution in [-0.4, -0.2) is 19.3 Å². The van der Waals surface area contributed by atoms with E-state index in [9.17, 15) is 13.2 Å². The van der Waals surface area contributed by atoms with E-state index in [1.54, 1.807) is 30.3 Å². The number of rotatable bonds is 4.